The van der Waals surface area contributed by atoms with Crippen molar-refractivity contribution in [3.8, 4) is 11.4 Å². The van der Waals surface area contributed by atoms with E-state index in [1.807, 2.05) is 6.07 Å². The number of Topliss-reactive ketones (excluding diaryl/α,β-unsaturated/α-hetero) is 1. The molecule has 2 aromatic heterocycles. The fourth-order valence-electron chi connectivity index (χ4n) is 2.71. The van der Waals surface area contributed by atoms with Gasteiger partial charge in [0, 0.05) is 14.1 Å². The van der Waals surface area contributed by atoms with Crippen LogP contribution < -0.4 is 21.7 Å². The van der Waals surface area contributed by atoms with E-state index >= 15 is 0 Å². The van der Waals surface area contributed by atoms with Gasteiger partial charge in [-0.1, -0.05) is 23.9 Å². The first kappa shape index (κ1) is 20.3. The molecular formula is C17H19N7O4S. The van der Waals surface area contributed by atoms with E-state index in [0.29, 0.717) is 16.6 Å². The van der Waals surface area contributed by atoms with Gasteiger partial charge in [0.05, 0.1) is 12.4 Å². The highest BCUT2D eigenvalue weighted by Crippen LogP contribution is 2.29. The second-order valence-corrected chi connectivity index (χ2v) is 7.44. The van der Waals surface area contributed by atoms with Gasteiger partial charge in [0.25, 0.3) is 5.56 Å². The molecule has 0 radical (unpaired) electrons. The molecule has 0 aliphatic heterocycles. The minimum atomic E-state index is -0.748. The molecule has 29 heavy (non-hydrogen) atoms. The van der Waals surface area contributed by atoms with Gasteiger partial charge in [-0.25, -0.2) is 4.79 Å². The van der Waals surface area contributed by atoms with Crippen molar-refractivity contribution in [1.29, 1.82) is 0 Å². The fourth-order valence-corrected chi connectivity index (χ4v) is 3.57. The quantitative estimate of drug-likeness (QED) is 0.434. The SMILES string of the molecule is COc1ccccc1-n1nnnc1SC(C)C(=O)c1c(N)n(C)c(=O)n(C)c1=O. The number of rotatable bonds is 6. The molecule has 11 nitrogen and oxygen atoms in total. The molecule has 3 aromatic rings. The number of hydrogen-bond donors (Lipinski definition) is 1. The van der Waals surface area contributed by atoms with Crippen molar-refractivity contribution >= 4 is 23.4 Å². The molecular weight excluding hydrogens is 398 g/mol. The topological polar surface area (TPSA) is 140 Å². The van der Waals surface area contributed by atoms with Crippen LogP contribution in [0.25, 0.3) is 5.69 Å². The summed E-state index contributed by atoms with van der Waals surface area (Å²) in [6.45, 7) is 1.61. The Kier molecular flexibility index (Phi) is 5.55. The van der Waals surface area contributed by atoms with E-state index in [4.69, 9.17) is 10.5 Å². The van der Waals surface area contributed by atoms with Gasteiger partial charge in [-0.2, -0.15) is 4.68 Å². The number of para-hydroxylation sites is 2. The molecule has 0 aliphatic rings. The Morgan fingerprint density at radius 1 is 1.21 bits per heavy atom. The van der Waals surface area contributed by atoms with Crippen LogP contribution in [0.15, 0.2) is 39.0 Å². The number of thioether (sulfide) groups is 1. The number of carbonyl (C=O) groups excluding carboxylic acids is 1. The molecule has 0 saturated heterocycles. The van der Waals surface area contributed by atoms with Gasteiger partial charge in [0.15, 0.2) is 5.78 Å². The number of ketones is 1. The summed E-state index contributed by atoms with van der Waals surface area (Å²) in [5, 5.41) is 11.2. The lowest BCUT2D eigenvalue weighted by Gasteiger charge is -2.14. The number of ether oxygens (including phenoxy) is 1. The molecule has 0 bridgehead atoms. The Bertz CT molecular complexity index is 1200. The third-order valence-electron chi connectivity index (χ3n) is 4.36. The minimum Gasteiger partial charge on any atom is -0.494 e. The Labute approximate surface area is 169 Å². The fraction of sp³-hybridized carbons (Fsp3) is 0.294. The zero-order chi connectivity index (χ0) is 21.3. The number of methoxy groups -OCH3 is 1. The van der Waals surface area contributed by atoms with Crippen LogP contribution in [0.3, 0.4) is 0 Å². The third kappa shape index (κ3) is 3.53. The van der Waals surface area contributed by atoms with Crippen molar-refractivity contribution in [2.45, 2.75) is 17.3 Å². The van der Waals surface area contributed by atoms with Crippen molar-refractivity contribution in [2.24, 2.45) is 14.1 Å². The predicted octanol–water partition coefficient (Wildman–Crippen LogP) is 0.0140. The number of nitrogens with two attached hydrogens (primary N) is 1. The first-order valence-corrected chi connectivity index (χ1v) is 9.34. The van der Waals surface area contributed by atoms with Gasteiger partial charge in [-0.3, -0.25) is 18.7 Å². The van der Waals surface area contributed by atoms with Crippen molar-refractivity contribution < 1.29 is 9.53 Å². The maximum absolute atomic E-state index is 13.0. The van der Waals surface area contributed by atoms with Crippen molar-refractivity contribution in [3.63, 3.8) is 0 Å². The van der Waals surface area contributed by atoms with Gasteiger partial charge < -0.3 is 10.5 Å². The Morgan fingerprint density at radius 3 is 2.59 bits per heavy atom. The second-order valence-electron chi connectivity index (χ2n) is 6.14. The number of aromatic nitrogens is 6. The third-order valence-corrected chi connectivity index (χ3v) is 5.39. The number of anilines is 1. The van der Waals surface area contributed by atoms with E-state index in [2.05, 4.69) is 15.5 Å². The normalized spacial score (nSPS) is 12.0. The second kappa shape index (κ2) is 7.91. The lowest BCUT2D eigenvalue weighted by atomic mass is 10.1. The molecule has 0 saturated carbocycles. The van der Waals surface area contributed by atoms with Gasteiger partial charge in [0.2, 0.25) is 5.16 Å². The maximum atomic E-state index is 13.0. The molecule has 0 spiro atoms. The van der Waals surface area contributed by atoms with Gasteiger partial charge in [0.1, 0.15) is 22.8 Å². The summed E-state index contributed by atoms with van der Waals surface area (Å²) >= 11 is 1.06. The number of tetrazole rings is 1. The van der Waals surface area contributed by atoms with Gasteiger partial charge >= 0.3 is 5.69 Å². The standard InChI is InChI=1S/C17H19N7O4S/c1-9(13(25)12-14(18)22(2)17(27)23(3)15(12)26)29-16-19-20-21-24(16)10-7-5-6-8-11(10)28-4/h5-9H,18H2,1-4H3. The summed E-state index contributed by atoms with van der Waals surface area (Å²) in [6, 6.07) is 7.14. The van der Waals surface area contributed by atoms with E-state index in [1.54, 1.807) is 25.1 Å². The van der Waals surface area contributed by atoms with E-state index in [1.165, 1.54) is 25.9 Å². The van der Waals surface area contributed by atoms with Gasteiger partial charge in [-0.15, -0.1) is 5.10 Å². The van der Waals surface area contributed by atoms with Crippen molar-refractivity contribution in [2.75, 3.05) is 12.8 Å². The summed E-state index contributed by atoms with van der Waals surface area (Å²) in [4.78, 5) is 37.4. The number of nitrogens with zero attached hydrogens (tertiary/aromatic N) is 6. The molecule has 0 amide bonds. The molecule has 1 atom stereocenters. The number of nitrogen functional groups attached to an aromatic ring is 1. The van der Waals surface area contributed by atoms with Crippen LogP contribution >= 0.6 is 11.8 Å². The summed E-state index contributed by atoms with van der Waals surface area (Å²) in [5.74, 6) is -0.157. The Balaban J connectivity index is 1.97. The number of carbonyl (C=O) groups is 1. The summed E-state index contributed by atoms with van der Waals surface area (Å²) in [7, 11) is 4.22. The first-order chi connectivity index (χ1) is 13.8. The van der Waals surface area contributed by atoms with Crippen LogP contribution in [0.1, 0.15) is 17.3 Å². The predicted molar refractivity (Wildman–Crippen MR) is 107 cm³/mol. The highest BCUT2D eigenvalue weighted by Gasteiger charge is 2.27. The highest BCUT2D eigenvalue weighted by molar-refractivity contribution is 8.00. The molecule has 1 unspecified atom stereocenters. The number of benzene rings is 1. The zero-order valence-electron chi connectivity index (χ0n) is 16.2. The van der Waals surface area contributed by atoms with Gasteiger partial charge in [-0.05, 0) is 29.5 Å². The summed E-state index contributed by atoms with van der Waals surface area (Å²) in [6.07, 6.45) is 0. The zero-order valence-corrected chi connectivity index (χ0v) is 17.0. The van der Waals surface area contributed by atoms with Crippen LogP contribution in [0, 0.1) is 0 Å². The monoisotopic (exact) mass is 417 g/mol. The average Bonchev–Trinajstić information content (AvgIpc) is 3.18. The van der Waals surface area contributed by atoms with Crippen LogP contribution in [0.4, 0.5) is 5.82 Å². The molecule has 3 rings (SSSR count). The van der Waals surface area contributed by atoms with Crippen LogP contribution in [-0.2, 0) is 14.1 Å². The van der Waals surface area contributed by atoms with E-state index in [9.17, 15) is 14.4 Å². The molecule has 2 N–H and O–H groups in total. The van der Waals surface area contributed by atoms with Crippen molar-refractivity contribution in [3.05, 3.63) is 50.7 Å². The largest absolute Gasteiger partial charge is 0.494 e. The molecule has 0 aliphatic carbocycles. The molecule has 0 fully saturated rings. The van der Waals surface area contributed by atoms with E-state index in [-0.39, 0.29) is 11.4 Å². The summed E-state index contributed by atoms with van der Waals surface area (Å²) in [5.41, 5.74) is 4.88. The molecule has 12 heteroatoms. The average molecular weight is 417 g/mol. The lowest BCUT2D eigenvalue weighted by molar-refractivity contribution is 0.0992. The molecule has 152 valence electrons. The lowest BCUT2D eigenvalue weighted by Crippen LogP contribution is -2.42. The minimum absolute atomic E-state index is 0.181. The first-order valence-electron chi connectivity index (χ1n) is 8.46. The van der Waals surface area contributed by atoms with E-state index in [0.717, 1.165) is 20.9 Å². The molecule has 1 aromatic carbocycles. The smallest absolute Gasteiger partial charge is 0.332 e. The van der Waals surface area contributed by atoms with Crippen molar-refractivity contribution in [1.82, 2.24) is 29.3 Å². The number of hydrogen-bond acceptors (Lipinski definition) is 9. The van der Waals surface area contributed by atoms with Crippen LogP contribution in [0.5, 0.6) is 5.75 Å². The van der Waals surface area contributed by atoms with E-state index < -0.39 is 22.3 Å². The highest BCUT2D eigenvalue weighted by atomic mass is 32.2. The summed E-state index contributed by atoms with van der Waals surface area (Å²) < 4.78 is 8.68. The van der Waals surface area contributed by atoms with Crippen LogP contribution in [0.2, 0.25) is 0 Å². The Hall–Kier alpha value is -3.41. The van der Waals surface area contributed by atoms with Crippen LogP contribution in [-0.4, -0.2) is 47.5 Å². The maximum Gasteiger partial charge on any atom is 0.332 e. The Morgan fingerprint density at radius 2 is 1.90 bits per heavy atom. The molecule has 2 heterocycles.